The number of fused-ring (bicyclic) bond motifs is 1. The number of benzene rings is 1. The Kier molecular flexibility index (Phi) is 5.16. The number of carbonyl (C=O) groups excluding carboxylic acids is 1. The first kappa shape index (κ1) is 22.7. The molecule has 0 radical (unpaired) electrons. The van der Waals surface area contributed by atoms with Gasteiger partial charge in [-0.2, -0.15) is 10.2 Å². The lowest BCUT2D eigenvalue weighted by Gasteiger charge is -2.47. The number of anilines is 2. The average molecular weight is 497 g/mol. The van der Waals surface area contributed by atoms with E-state index in [1.165, 1.54) is 24.2 Å². The molecule has 1 aliphatic heterocycles. The normalized spacial score (nSPS) is 15.1. The first-order valence-corrected chi connectivity index (χ1v) is 12.2. The molecule has 0 unspecified atom stereocenters. The largest absolute Gasteiger partial charge is 0.494 e. The predicted molar refractivity (Wildman–Crippen MR) is 129 cm³/mol. The number of primary amides is 1. The molecular weight excluding hydrogens is 472 g/mol. The maximum Gasteiger partial charge on any atom is 0.265 e. The van der Waals surface area contributed by atoms with Crippen molar-refractivity contribution < 1.29 is 17.9 Å². The van der Waals surface area contributed by atoms with E-state index < -0.39 is 15.4 Å². The van der Waals surface area contributed by atoms with Gasteiger partial charge >= 0.3 is 0 Å². The van der Waals surface area contributed by atoms with Crippen LogP contribution in [-0.4, -0.2) is 59.1 Å². The van der Waals surface area contributed by atoms with Crippen molar-refractivity contribution in [1.29, 1.82) is 0 Å². The van der Waals surface area contributed by atoms with Crippen LogP contribution in [0, 0.1) is 5.41 Å². The molecule has 4 aromatic rings. The van der Waals surface area contributed by atoms with Crippen molar-refractivity contribution in [3.8, 4) is 11.6 Å². The molecule has 182 valence electrons. The minimum atomic E-state index is -4.01. The molecule has 4 heterocycles. The van der Waals surface area contributed by atoms with E-state index in [1.54, 1.807) is 42.3 Å². The van der Waals surface area contributed by atoms with Crippen LogP contribution in [0.2, 0.25) is 0 Å². The molecule has 1 saturated heterocycles. The van der Waals surface area contributed by atoms with Crippen LogP contribution < -0.4 is 20.1 Å². The number of ether oxygens (including phenoxy) is 1. The first-order valence-electron chi connectivity index (χ1n) is 10.7. The number of hydrogen-bond donors (Lipinski definition) is 2. The van der Waals surface area contributed by atoms with E-state index in [4.69, 9.17) is 10.5 Å². The number of aromatic nitrogens is 5. The fraction of sp³-hybridized carbons (Fsp3) is 0.273. The van der Waals surface area contributed by atoms with E-state index in [0.29, 0.717) is 30.2 Å². The number of amides is 1. The Morgan fingerprint density at radius 2 is 1.97 bits per heavy atom. The number of sulfonamides is 1. The van der Waals surface area contributed by atoms with Crippen LogP contribution in [0.3, 0.4) is 0 Å². The van der Waals surface area contributed by atoms with Crippen LogP contribution in [-0.2, 0) is 21.9 Å². The van der Waals surface area contributed by atoms with E-state index in [-0.39, 0.29) is 16.5 Å². The fourth-order valence-electron chi connectivity index (χ4n) is 4.14. The summed E-state index contributed by atoms with van der Waals surface area (Å²) in [7, 11) is -0.817. The van der Waals surface area contributed by atoms with E-state index in [9.17, 15) is 13.2 Å². The number of nitrogens with two attached hydrogens (primary N) is 1. The predicted octanol–water partition coefficient (Wildman–Crippen LogP) is 1.27. The van der Waals surface area contributed by atoms with Crippen molar-refractivity contribution >= 4 is 38.2 Å². The standard InChI is InChI=1S/C22H24N8O4S/c1-22(21(23)31)12-29(13-22)15-6-7-24-18(8-15)30-11-16(10-26-30)35(32,33)27-19-17(34-3)5-4-14-9-25-28(2)20(14)19/h4-11,27H,12-13H2,1-3H3,(H2,23,31). The van der Waals surface area contributed by atoms with Crippen molar-refractivity contribution in [2.45, 2.75) is 11.8 Å². The molecule has 0 atom stereocenters. The van der Waals surface area contributed by atoms with Gasteiger partial charge in [-0.25, -0.2) is 18.1 Å². The van der Waals surface area contributed by atoms with E-state index in [2.05, 4.69) is 19.9 Å². The average Bonchev–Trinajstić information content (AvgIpc) is 3.45. The maximum atomic E-state index is 13.2. The Labute approximate surface area is 201 Å². The van der Waals surface area contributed by atoms with Gasteiger partial charge in [0.1, 0.15) is 16.3 Å². The van der Waals surface area contributed by atoms with Crippen molar-refractivity contribution in [2.24, 2.45) is 18.2 Å². The quantitative estimate of drug-likeness (QED) is 0.388. The molecule has 0 saturated carbocycles. The zero-order valence-electron chi connectivity index (χ0n) is 19.3. The minimum Gasteiger partial charge on any atom is -0.494 e. The van der Waals surface area contributed by atoms with Gasteiger partial charge in [-0.05, 0) is 25.1 Å². The zero-order valence-corrected chi connectivity index (χ0v) is 20.2. The Morgan fingerprint density at radius 3 is 2.69 bits per heavy atom. The number of aryl methyl sites for hydroxylation is 1. The molecule has 1 fully saturated rings. The molecule has 0 spiro atoms. The molecular formula is C22H24N8O4S. The third-order valence-corrected chi connectivity index (χ3v) is 7.50. The van der Waals surface area contributed by atoms with E-state index in [1.807, 2.05) is 17.9 Å². The van der Waals surface area contributed by atoms with Crippen LogP contribution in [0.4, 0.5) is 11.4 Å². The highest BCUT2D eigenvalue weighted by Crippen LogP contribution is 2.35. The van der Waals surface area contributed by atoms with Gasteiger partial charge in [0.05, 0.1) is 36.6 Å². The SMILES string of the molecule is COc1ccc2cnn(C)c2c1NS(=O)(=O)c1cnn(-c2cc(N3CC(C)(C(N)=O)C3)ccn2)c1. The Morgan fingerprint density at radius 1 is 1.20 bits per heavy atom. The topological polar surface area (TPSA) is 150 Å². The first-order chi connectivity index (χ1) is 16.6. The summed E-state index contributed by atoms with van der Waals surface area (Å²) in [5.41, 5.74) is 6.61. The summed E-state index contributed by atoms with van der Waals surface area (Å²) in [4.78, 5) is 17.9. The molecule has 1 amide bonds. The number of nitrogens with zero attached hydrogens (tertiary/aromatic N) is 6. The van der Waals surface area contributed by atoms with Gasteiger partial charge in [0.2, 0.25) is 5.91 Å². The van der Waals surface area contributed by atoms with E-state index in [0.717, 1.165) is 11.1 Å². The number of methoxy groups -OCH3 is 1. The summed E-state index contributed by atoms with van der Waals surface area (Å²) in [5.74, 6) is 0.461. The molecule has 0 aliphatic carbocycles. The van der Waals surface area contributed by atoms with Gasteiger partial charge < -0.3 is 15.4 Å². The summed E-state index contributed by atoms with van der Waals surface area (Å²) in [6, 6.07) is 7.07. The maximum absolute atomic E-state index is 13.2. The lowest BCUT2D eigenvalue weighted by Crippen LogP contribution is -2.61. The summed E-state index contributed by atoms with van der Waals surface area (Å²) in [6.45, 7) is 2.82. The Hall–Kier alpha value is -4.13. The molecule has 5 rings (SSSR count). The van der Waals surface area contributed by atoms with Crippen LogP contribution in [0.5, 0.6) is 5.75 Å². The molecule has 1 aliphatic rings. The van der Waals surface area contributed by atoms with Gasteiger partial charge in [0.15, 0.2) is 5.82 Å². The number of rotatable bonds is 7. The lowest BCUT2D eigenvalue weighted by molar-refractivity contribution is -0.128. The fourth-order valence-corrected chi connectivity index (χ4v) is 5.15. The monoisotopic (exact) mass is 496 g/mol. The molecule has 12 nitrogen and oxygen atoms in total. The minimum absolute atomic E-state index is 0.0452. The van der Waals surface area contributed by atoms with Gasteiger partial charge in [0.25, 0.3) is 10.0 Å². The third kappa shape index (κ3) is 3.83. The van der Waals surface area contributed by atoms with Gasteiger partial charge in [-0.3, -0.25) is 14.2 Å². The second kappa shape index (κ2) is 7.98. The molecule has 3 N–H and O–H groups in total. The summed E-state index contributed by atoms with van der Waals surface area (Å²) < 4.78 is 37.4. The highest BCUT2D eigenvalue weighted by molar-refractivity contribution is 7.92. The van der Waals surface area contributed by atoms with Crippen LogP contribution >= 0.6 is 0 Å². The van der Waals surface area contributed by atoms with Crippen LogP contribution in [0.25, 0.3) is 16.7 Å². The highest BCUT2D eigenvalue weighted by Gasteiger charge is 2.44. The summed E-state index contributed by atoms with van der Waals surface area (Å²) in [5, 5.41) is 9.17. The molecule has 13 heteroatoms. The van der Waals surface area contributed by atoms with Crippen molar-refractivity contribution in [1.82, 2.24) is 24.5 Å². The molecule has 0 bridgehead atoms. The van der Waals surface area contributed by atoms with Crippen molar-refractivity contribution in [2.75, 3.05) is 29.8 Å². The molecule has 3 aromatic heterocycles. The number of carbonyl (C=O) groups is 1. The molecule has 35 heavy (non-hydrogen) atoms. The van der Waals surface area contributed by atoms with Crippen molar-refractivity contribution in [3.05, 3.63) is 49.1 Å². The number of hydrogen-bond acceptors (Lipinski definition) is 8. The van der Waals surface area contributed by atoms with Gasteiger partial charge in [-0.15, -0.1) is 0 Å². The highest BCUT2D eigenvalue weighted by atomic mass is 32.2. The van der Waals surface area contributed by atoms with Gasteiger partial charge in [-0.1, -0.05) is 0 Å². The lowest BCUT2D eigenvalue weighted by atomic mass is 9.81. The van der Waals surface area contributed by atoms with Crippen LogP contribution in [0.1, 0.15) is 6.92 Å². The third-order valence-electron chi connectivity index (χ3n) is 6.19. The zero-order chi connectivity index (χ0) is 25.0. The summed E-state index contributed by atoms with van der Waals surface area (Å²) >= 11 is 0. The Balaban J connectivity index is 1.42. The Bertz CT molecular complexity index is 1550. The number of nitrogens with one attached hydrogen (secondary N) is 1. The van der Waals surface area contributed by atoms with E-state index >= 15 is 0 Å². The second-order valence-electron chi connectivity index (χ2n) is 8.73. The van der Waals surface area contributed by atoms with Gasteiger partial charge in [0, 0.05) is 43.5 Å². The smallest absolute Gasteiger partial charge is 0.265 e. The summed E-state index contributed by atoms with van der Waals surface area (Å²) in [6.07, 6.45) is 5.88. The van der Waals surface area contributed by atoms with Crippen molar-refractivity contribution in [3.63, 3.8) is 0 Å². The molecule has 1 aromatic carbocycles. The number of pyridine rings is 1. The second-order valence-corrected chi connectivity index (χ2v) is 10.4. The van der Waals surface area contributed by atoms with Crippen LogP contribution in [0.15, 0.2) is 53.9 Å².